The Labute approximate surface area is 159 Å². The monoisotopic (exact) mass is 364 g/mol. The van der Waals surface area contributed by atoms with Crippen LogP contribution in [0.3, 0.4) is 0 Å². The molecule has 0 spiro atoms. The fraction of sp³-hybridized carbons (Fsp3) is 0.391. The molecule has 2 fully saturated rings. The molecule has 4 rings (SSSR count). The van der Waals surface area contributed by atoms with Crippen LogP contribution in [0.25, 0.3) is 0 Å². The quantitative estimate of drug-likeness (QED) is 0.776. The highest BCUT2D eigenvalue weighted by atomic mass is 16.5. The lowest BCUT2D eigenvalue weighted by molar-refractivity contribution is -0.170. The van der Waals surface area contributed by atoms with Crippen molar-refractivity contribution < 1.29 is 19.1 Å². The van der Waals surface area contributed by atoms with E-state index in [1.807, 2.05) is 48.5 Å². The SMILES string of the molecule is COC(=O)C1C(c2ccccc2)C2(c3ccccc3)C(C)(C)C12C(=O)OC. The maximum absolute atomic E-state index is 13.1. The largest absolute Gasteiger partial charge is 0.469 e. The first-order chi connectivity index (χ1) is 12.9. The molecule has 0 radical (unpaired) electrons. The maximum Gasteiger partial charge on any atom is 0.314 e. The standard InChI is InChI=1S/C23H24O4/c1-21(2)22(16-13-9-6-10-14-16)17(15-11-7-5-8-12-15)18(19(24)26-3)23(21,22)20(25)27-4/h5-14,17-18H,1-4H3. The van der Waals surface area contributed by atoms with Crippen molar-refractivity contribution in [3.05, 3.63) is 71.8 Å². The predicted octanol–water partition coefficient (Wildman–Crippen LogP) is 3.71. The van der Waals surface area contributed by atoms with Crippen molar-refractivity contribution in [2.24, 2.45) is 16.7 Å². The lowest BCUT2D eigenvalue weighted by Crippen LogP contribution is -2.55. The van der Waals surface area contributed by atoms with Gasteiger partial charge in [-0.1, -0.05) is 74.5 Å². The summed E-state index contributed by atoms with van der Waals surface area (Å²) >= 11 is 0. The van der Waals surface area contributed by atoms with Gasteiger partial charge in [0.25, 0.3) is 0 Å². The summed E-state index contributed by atoms with van der Waals surface area (Å²) in [7, 11) is 2.78. The second-order valence-corrected chi connectivity index (χ2v) is 7.99. The molecule has 4 heteroatoms. The van der Waals surface area contributed by atoms with Crippen LogP contribution in [-0.2, 0) is 24.5 Å². The third-order valence-electron chi connectivity index (χ3n) is 7.15. The molecule has 0 aromatic heterocycles. The van der Waals surface area contributed by atoms with Crippen molar-refractivity contribution >= 4 is 11.9 Å². The van der Waals surface area contributed by atoms with E-state index in [1.165, 1.54) is 14.2 Å². The first-order valence-corrected chi connectivity index (χ1v) is 9.19. The van der Waals surface area contributed by atoms with Gasteiger partial charge >= 0.3 is 11.9 Å². The molecule has 4 atom stereocenters. The van der Waals surface area contributed by atoms with Crippen LogP contribution in [-0.4, -0.2) is 26.2 Å². The molecular formula is C23H24O4. The van der Waals surface area contributed by atoms with Gasteiger partial charge in [-0.25, -0.2) is 0 Å². The second-order valence-electron chi connectivity index (χ2n) is 7.99. The molecule has 0 heterocycles. The lowest BCUT2D eigenvalue weighted by Gasteiger charge is -2.48. The molecule has 27 heavy (non-hydrogen) atoms. The van der Waals surface area contributed by atoms with Crippen molar-refractivity contribution in [1.82, 2.24) is 0 Å². The molecule has 4 nitrogen and oxygen atoms in total. The molecule has 2 saturated carbocycles. The predicted molar refractivity (Wildman–Crippen MR) is 101 cm³/mol. The van der Waals surface area contributed by atoms with Gasteiger partial charge in [0, 0.05) is 11.3 Å². The molecule has 0 saturated heterocycles. The molecular weight excluding hydrogens is 340 g/mol. The number of carbonyl (C=O) groups excluding carboxylic acids is 2. The van der Waals surface area contributed by atoms with Crippen LogP contribution in [0.2, 0.25) is 0 Å². The average Bonchev–Trinajstić information content (AvgIpc) is 3.06. The lowest BCUT2D eigenvalue weighted by atomic mass is 9.52. The minimum atomic E-state index is -0.927. The first kappa shape index (κ1) is 17.8. The van der Waals surface area contributed by atoms with Crippen LogP contribution in [0.1, 0.15) is 30.9 Å². The van der Waals surface area contributed by atoms with E-state index in [1.54, 1.807) is 0 Å². The number of methoxy groups -OCH3 is 2. The molecule has 2 aromatic rings. The van der Waals surface area contributed by atoms with E-state index in [0.717, 1.165) is 11.1 Å². The molecule has 2 aromatic carbocycles. The Morgan fingerprint density at radius 1 is 0.852 bits per heavy atom. The smallest absolute Gasteiger partial charge is 0.314 e. The average molecular weight is 364 g/mol. The second kappa shape index (κ2) is 5.69. The zero-order valence-corrected chi connectivity index (χ0v) is 16.1. The Balaban J connectivity index is 2.00. The first-order valence-electron chi connectivity index (χ1n) is 9.19. The van der Waals surface area contributed by atoms with E-state index in [2.05, 4.69) is 26.0 Å². The van der Waals surface area contributed by atoms with Gasteiger partial charge in [-0.15, -0.1) is 0 Å². The molecule has 0 bridgehead atoms. The Bertz CT molecular complexity index is 889. The Kier molecular flexibility index (Phi) is 3.74. The van der Waals surface area contributed by atoms with E-state index >= 15 is 0 Å². The summed E-state index contributed by atoms with van der Waals surface area (Å²) in [6, 6.07) is 20.0. The van der Waals surface area contributed by atoms with Crippen molar-refractivity contribution in [1.29, 1.82) is 0 Å². The number of hydrogen-bond donors (Lipinski definition) is 0. The molecule has 0 N–H and O–H groups in total. The molecule has 0 aliphatic heterocycles. The minimum Gasteiger partial charge on any atom is -0.469 e. The summed E-state index contributed by atoms with van der Waals surface area (Å²) in [6.45, 7) is 4.13. The van der Waals surface area contributed by atoms with Gasteiger partial charge in [0.2, 0.25) is 0 Å². The topological polar surface area (TPSA) is 52.6 Å². The van der Waals surface area contributed by atoms with E-state index < -0.39 is 22.2 Å². The number of benzene rings is 2. The fourth-order valence-corrected chi connectivity index (χ4v) is 6.33. The third-order valence-corrected chi connectivity index (χ3v) is 7.15. The summed E-state index contributed by atoms with van der Waals surface area (Å²) in [5.74, 6) is -1.42. The summed E-state index contributed by atoms with van der Waals surface area (Å²) in [4.78, 5) is 26.0. The van der Waals surface area contributed by atoms with Crippen LogP contribution in [0, 0.1) is 16.7 Å². The van der Waals surface area contributed by atoms with Crippen LogP contribution in [0.4, 0.5) is 0 Å². The summed E-state index contributed by atoms with van der Waals surface area (Å²) in [5.41, 5.74) is 0.225. The normalized spacial score (nSPS) is 32.6. The summed E-state index contributed by atoms with van der Waals surface area (Å²) < 4.78 is 10.4. The number of carbonyl (C=O) groups is 2. The van der Waals surface area contributed by atoms with Gasteiger partial charge in [0.05, 0.1) is 25.6 Å². The highest BCUT2D eigenvalue weighted by molar-refractivity contribution is 5.99. The number of rotatable bonds is 4. The molecule has 4 unspecified atom stereocenters. The van der Waals surface area contributed by atoms with Crippen LogP contribution < -0.4 is 0 Å². The Morgan fingerprint density at radius 2 is 1.41 bits per heavy atom. The van der Waals surface area contributed by atoms with Gasteiger partial charge in [-0.2, -0.15) is 0 Å². The number of ether oxygens (including phenoxy) is 2. The highest BCUT2D eigenvalue weighted by Gasteiger charge is 3.00. The number of esters is 2. The van der Waals surface area contributed by atoms with Gasteiger partial charge in [-0.05, 0) is 16.5 Å². The summed E-state index contributed by atoms with van der Waals surface area (Å²) in [5, 5.41) is 0. The van der Waals surface area contributed by atoms with Gasteiger partial charge in [0.1, 0.15) is 0 Å². The van der Waals surface area contributed by atoms with E-state index in [-0.39, 0.29) is 17.9 Å². The summed E-state index contributed by atoms with van der Waals surface area (Å²) in [6.07, 6.45) is 0. The molecule has 140 valence electrons. The van der Waals surface area contributed by atoms with E-state index in [0.29, 0.717) is 0 Å². The van der Waals surface area contributed by atoms with Crippen molar-refractivity contribution in [2.75, 3.05) is 14.2 Å². The van der Waals surface area contributed by atoms with Gasteiger partial charge in [-0.3, -0.25) is 9.59 Å². The molecule has 2 aliphatic carbocycles. The van der Waals surface area contributed by atoms with Crippen molar-refractivity contribution in [3.63, 3.8) is 0 Å². The maximum atomic E-state index is 13.1. The molecule has 0 amide bonds. The Morgan fingerprint density at radius 3 is 1.93 bits per heavy atom. The van der Waals surface area contributed by atoms with Crippen LogP contribution >= 0.6 is 0 Å². The van der Waals surface area contributed by atoms with E-state index in [9.17, 15) is 9.59 Å². The fourth-order valence-electron chi connectivity index (χ4n) is 6.33. The third kappa shape index (κ3) is 1.74. The van der Waals surface area contributed by atoms with E-state index in [4.69, 9.17) is 9.47 Å². The molecule has 2 aliphatic rings. The van der Waals surface area contributed by atoms with Crippen molar-refractivity contribution in [3.8, 4) is 0 Å². The van der Waals surface area contributed by atoms with Gasteiger partial charge < -0.3 is 9.47 Å². The minimum absolute atomic E-state index is 0.150. The zero-order valence-electron chi connectivity index (χ0n) is 16.1. The highest BCUT2D eigenvalue weighted by Crippen LogP contribution is 2.95. The number of hydrogen-bond acceptors (Lipinski definition) is 4. The Hall–Kier alpha value is -2.62. The zero-order chi connectivity index (χ0) is 19.4. The van der Waals surface area contributed by atoms with Gasteiger partial charge in [0.15, 0.2) is 0 Å². The number of fused-ring (bicyclic) bond motifs is 1. The van der Waals surface area contributed by atoms with Crippen molar-refractivity contribution in [2.45, 2.75) is 25.2 Å². The van der Waals surface area contributed by atoms with Crippen LogP contribution in [0.5, 0.6) is 0 Å². The van der Waals surface area contributed by atoms with Crippen LogP contribution in [0.15, 0.2) is 60.7 Å².